The lowest BCUT2D eigenvalue weighted by molar-refractivity contribution is 0.672. The maximum atomic E-state index is 6.16. The number of nitrogens with two attached hydrogens (primary N) is 1. The smallest absolute Gasteiger partial charge is 0.161 e. The summed E-state index contributed by atoms with van der Waals surface area (Å²) in [6, 6.07) is 20.3. The number of aromatic nitrogens is 1. The van der Waals surface area contributed by atoms with Crippen LogP contribution in [0.4, 0.5) is 5.82 Å². The normalized spacial score (nSPS) is 11.8. The molecule has 5 rings (SSSR count). The average Bonchev–Trinajstić information content (AvgIpc) is 2.94. The Kier molecular flexibility index (Phi) is 2.09. The van der Waals surface area contributed by atoms with Gasteiger partial charge in [-0.25, -0.2) is 4.98 Å². The molecule has 2 N–H and O–H groups in total. The first kappa shape index (κ1) is 11.6. The van der Waals surface area contributed by atoms with Crippen molar-refractivity contribution in [2.75, 3.05) is 5.73 Å². The summed E-state index contributed by atoms with van der Waals surface area (Å²) in [4.78, 5) is 4.63. The second kappa shape index (κ2) is 3.98. The molecule has 2 heterocycles. The Morgan fingerprint density at radius 2 is 1.50 bits per heavy atom. The quantitative estimate of drug-likeness (QED) is 0.441. The van der Waals surface area contributed by atoms with Gasteiger partial charge in [0.25, 0.3) is 0 Å². The molecule has 0 saturated heterocycles. The molecule has 0 aliphatic carbocycles. The molecule has 0 atom stereocenters. The molecule has 5 aromatic rings. The van der Waals surface area contributed by atoms with Crippen LogP contribution in [0.5, 0.6) is 0 Å². The van der Waals surface area contributed by atoms with E-state index >= 15 is 0 Å². The van der Waals surface area contributed by atoms with Crippen LogP contribution in [0.2, 0.25) is 0 Å². The predicted octanol–water partition coefficient (Wildman–Crippen LogP) is 4.87. The summed E-state index contributed by atoms with van der Waals surface area (Å²) in [6.07, 6.45) is 0. The molecule has 0 bridgehead atoms. The maximum absolute atomic E-state index is 6.16. The standard InChI is InChI=1S/C19H12N2O/c20-19-14-8-4-3-7-13(14)18-17(21-19)16-12-6-2-1-5-11(12)9-10-15(16)22-18/h1-10H,(H2,20,21). The number of nitrogens with zero attached hydrogens (tertiary/aromatic N) is 1. The van der Waals surface area contributed by atoms with Gasteiger partial charge in [0, 0.05) is 10.8 Å². The minimum atomic E-state index is 0.540. The number of rotatable bonds is 0. The van der Waals surface area contributed by atoms with Gasteiger partial charge in [-0.1, -0.05) is 54.6 Å². The minimum Gasteiger partial charge on any atom is -0.454 e. The predicted molar refractivity (Wildman–Crippen MR) is 90.9 cm³/mol. The van der Waals surface area contributed by atoms with E-state index in [1.54, 1.807) is 0 Å². The van der Waals surface area contributed by atoms with Crippen LogP contribution < -0.4 is 5.73 Å². The second-order valence-electron chi connectivity index (χ2n) is 5.48. The molecule has 3 nitrogen and oxygen atoms in total. The largest absolute Gasteiger partial charge is 0.454 e. The lowest BCUT2D eigenvalue weighted by Gasteiger charge is -2.02. The Balaban J connectivity index is 2.13. The molecular weight excluding hydrogens is 272 g/mol. The number of anilines is 1. The SMILES string of the molecule is Nc1nc2c(oc3ccc4ccccc4c32)c2ccccc12. The van der Waals surface area contributed by atoms with Gasteiger partial charge in [0.15, 0.2) is 5.58 Å². The van der Waals surface area contributed by atoms with Crippen LogP contribution in [0, 0.1) is 0 Å². The number of hydrogen-bond donors (Lipinski definition) is 1. The number of pyridine rings is 1. The summed E-state index contributed by atoms with van der Waals surface area (Å²) in [7, 11) is 0. The van der Waals surface area contributed by atoms with E-state index in [-0.39, 0.29) is 0 Å². The molecule has 22 heavy (non-hydrogen) atoms. The maximum Gasteiger partial charge on any atom is 0.161 e. The zero-order chi connectivity index (χ0) is 14.7. The van der Waals surface area contributed by atoms with Crippen molar-refractivity contribution in [3.8, 4) is 0 Å². The molecule has 0 saturated carbocycles. The number of furan rings is 1. The van der Waals surface area contributed by atoms with Crippen molar-refractivity contribution in [1.82, 2.24) is 4.98 Å². The molecule has 2 aromatic heterocycles. The van der Waals surface area contributed by atoms with Crippen LogP contribution in [0.1, 0.15) is 0 Å². The van der Waals surface area contributed by atoms with Crippen LogP contribution in [-0.4, -0.2) is 4.98 Å². The van der Waals surface area contributed by atoms with Crippen LogP contribution in [0.15, 0.2) is 65.1 Å². The molecule has 0 unspecified atom stereocenters. The Morgan fingerprint density at radius 3 is 2.36 bits per heavy atom. The molecule has 3 aromatic carbocycles. The lowest BCUT2D eigenvalue weighted by Crippen LogP contribution is -1.91. The molecule has 104 valence electrons. The molecule has 0 aliphatic heterocycles. The molecule has 0 radical (unpaired) electrons. The van der Waals surface area contributed by atoms with Crippen molar-refractivity contribution in [2.24, 2.45) is 0 Å². The summed E-state index contributed by atoms with van der Waals surface area (Å²) < 4.78 is 6.11. The van der Waals surface area contributed by atoms with Crippen molar-refractivity contribution in [3.63, 3.8) is 0 Å². The molecule has 0 spiro atoms. The van der Waals surface area contributed by atoms with Crippen molar-refractivity contribution in [2.45, 2.75) is 0 Å². The highest BCUT2D eigenvalue weighted by Crippen LogP contribution is 2.37. The van der Waals surface area contributed by atoms with E-state index in [9.17, 15) is 0 Å². The van der Waals surface area contributed by atoms with Crippen molar-refractivity contribution in [3.05, 3.63) is 60.7 Å². The number of fused-ring (bicyclic) bond motifs is 7. The van der Waals surface area contributed by atoms with Crippen LogP contribution >= 0.6 is 0 Å². The summed E-state index contributed by atoms with van der Waals surface area (Å²) in [5.74, 6) is 0.540. The van der Waals surface area contributed by atoms with Gasteiger partial charge in [-0.3, -0.25) is 0 Å². The third kappa shape index (κ3) is 1.37. The van der Waals surface area contributed by atoms with Gasteiger partial charge in [-0.05, 0) is 16.8 Å². The number of benzene rings is 3. The van der Waals surface area contributed by atoms with Gasteiger partial charge in [0.2, 0.25) is 0 Å². The van der Waals surface area contributed by atoms with E-state index in [1.807, 2.05) is 42.5 Å². The Labute approximate surface area is 126 Å². The van der Waals surface area contributed by atoms with Crippen molar-refractivity contribution >= 4 is 49.4 Å². The Hall–Kier alpha value is -3.07. The van der Waals surface area contributed by atoms with Gasteiger partial charge in [-0.15, -0.1) is 0 Å². The zero-order valence-corrected chi connectivity index (χ0v) is 11.7. The van der Waals surface area contributed by atoms with E-state index in [4.69, 9.17) is 10.2 Å². The molecule has 0 fully saturated rings. The topological polar surface area (TPSA) is 52.0 Å². The third-order valence-corrected chi connectivity index (χ3v) is 4.23. The second-order valence-corrected chi connectivity index (χ2v) is 5.48. The first-order valence-electron chi connectivity index (χ1n) is 7.21. The summed E-state index contributed by atoms with van der Waals surface area (Å²) in [6.45, 7) is 0. The highest BCUT2D eigenvalue weighted by atomic mass is 16.3. The van der Waals surface area contributed by atoms with Crippen molar-refractivity contribution < 1.29 is 4.42 Å². The van der Waals surface area contributed by atoms with Gasteiger partial charge >= 0.3 is 0 Å². The van der Waals surface area contributed by atoms with Crippen LogP contribution in [0.25, 0.3) is 43.6 Å². The van der Waals surface area contributed by atoms with Crippen molar-refractivity contribution in [1.29, 1.82) is 0 Å². The summed E-state index contributed by atoms with van der Waals surface area (Å²) in [5.41, 5.74) is 8.65. The van der Waals surface area contributed by atoms with Gasteiger partial charge in [0.1, 0.15) is 16.9 Å². The summed E-state index contributed by atoms with van der Waals surface area (Å²) >= 11 is 0. The van der Waals surface area contributed by atoms with E-state index in [0.29, 0.717) is 5.82 Å². The minimum absolute atomic E-state index is 0.540. The Bertz CT molecular complexity index is 1190. The first-order chi connectivity index (χ1) is 10.8. The number of hydrogen-bond acceptors (Lipinski definition) is 3. The van der Waals surface area contributed by atoms with Crippen LogP contribution in [-0.2, 0) is 0 Å². The highest BCUT2D eigenvalue weighted by Gasteiger charge is 2.15. The van der Waals surface area contributed by atoms with E-state index in [1.165, 1.54) is 5.39 Å². The monoisotopic (exact) mass is 284 g/mol. The molecule has 3 heteroatoms. The third-order valence-electron chi connectivity index (χ3n) is 4.23. The lowest BCUT2D eigenvalue weighted by atomic mass is 10.0. The van der Waals surface area contributed by atoms with E-state index < -0.39 is 0 Å². The summed E-state index contributed by atoms with van der Waals surface area (Å²) in [5, 5.41) is 5.28. The molecule has 0 aliphatic rings. The Morgan fingerprint density at radius 1 is 0.773 bits per heavy atom. The average molecular weight is 284 g/mol. The first-order valence-corrected chi connectivity index (χ1v) is 7.21. The number of nitrogen functional groups attached to an aromatic ring is 1. The highest BCUT2D eigenvalue weighted by molar-refractivity contribution is 6.22. The molecular formula is C19H12N2O. The fourth-order valence-corrected chi connectivity index (χ4v) is 3.23. The van der Waals surface area contributed by atoms with Gasteiger partial charge < -0.3 is 10.2 Å². The van der Waals surface area contributed by atoms with E-state index in [0.717, 1.165) is 38.2 Å². The van der Waals surface area contributed by atoms with Gasteiger partial charge in [0.05, 0.1) is 5.39 Å². The molecule has 0 amide bonds. The van der Waals surface area contributed by atoms with Gasteiger partial charge in [-0.2, -0.15) is 0 Å². The van der Waals surface area contributed by atoms with Crippen LogP contribution in [0.3, 0.4) is 0 Å². The fraction of sp³-hybridized carbons (Fsp3) is 0. The van der Waals surface area contributed by atoms with E-state index in [2.05, 4.69) is 23.2 Å². The zero-order valence-electron chi connectivity index (χ0n) is 11.7. The fourth-order valence-electron chi connectivity index (χ4n) is 3.23.